The topological polar surface area (TPSA) is 95.2 Å². The molecule has 3 rings (SSSR count). The lowest BCUT2D eigenvalue weighted by molar-refractivity contribution is -0.132. The lowest BCUT2D eigenvalue weighted by Gasteiger charge is -2.26. The molecule has 0 saturated carbocycles. The second-order valence-corrected chi connectivity index (χ2v) is 7.51. The van der Waals surface area contributed by atoms with Gasteiger partial charge in [-0.05, 0) is 49.8 Å². The smallest absolute Gasteiger partial charge is 0.344 e. The number of morpholine rings is 1. The second kappa shape index (κ2) is 9.38. The molecule has 1 atom stereocenters. The zero-order valence-corrected chi connectivity index (χ0v) is 17.5. The number of benzene rings is 1. The van der Waals surface area contributed by atoms with Gasteiger partial charge in [0.15, 0.2) is 5.11 Å². The minimum Gasteiger partial charge on any atom is -0.497 e. The number of hydrazine groups is 1. The van der Waals surface area contributed by atoms with E-state index in [0.717, 1.165) is 44.3 Å². The average molecular weight is 422 g/mol. The van der Waals surface area contributed by atoms with Gasteiger partial charge < -0.3 is 20.1 Å². The number of methoxy groups -OCH3 is 1. The first-order valence-corrected chi connectivity index (χ1v) is 10.0. The molecule has 0 bridgehead atoms. The first kappa shape index (κ1) is 21.3. The number of ether oxygens (including phenoxy) is 2. The monoisotopic (exact) mass is 421 g/mol. The minimum absolute atomic E-state index is 0.227. The number of hydrogen-bond acceptors (Lipinski definition) is 6. The van der Waals surface area contributed by atoms with Crippen LogP contribution in [0.25, 0.3) is 0 Å². The fraction of sp³-hybridized carbons (Fsp3) is 0.526. The third-order valence-electron chi connectivity index (χ3n) is 5.09. The first-order chi connectivity index (χ1) is 13.9. The summed E-state index contributed by atoms with van der Waals surface area (Å²) < 4.78 is 10.5. The molecular formula is C19H27N5O4S. The molecule has 1 aromatic rings. The highest BCUT2D eigenvalue weighted by molar-refractivity contribution is 7.80. The van der Waals surface area contributed by atoms with E-state index in [4.69, 9.17) is 21.7 Å². The second-order valence-electron chi connectivity index (χ2n) is 7.10. The van der Waals surface area contributed by atoms with Crippen molar-refractivity contribution in [2.24, 2.45) is 0 Å². The van der Waals surface area contributed by atoms with E-state index >= 15 is 0 Å². The maximum Gasteiger partial charge on any atom is 0.344 e. The summed E-state index contributed by atoms with van der Waals surface area (Å²) in [7, 11) is 1.55. The van der Waals surface area contributed by atoms with E-state index in [9.17, 15) is 9.59 Å². The molecule has 10 heteroatoms. The molecule has 3 amide bonds. The van der Waals surface area contributed by atoms with Gasteiger partial charge in [-0.25, -0.2) is 4.79 Å². The highest BCUT2D eigenvalue weighted by Gasteiger charge is 2.49. The fourth-order valence-electron chi connectivity index (χ4n) is 3.34. The average Bonchev–Trinajstić information content (AvgIpc) is 2.96. The Kier molecular flexibility index (Phi) is 6.88. The number of imide groups is 1. The molecule has 0 aliphatic carbocycles. The van der Waals surface area contributed by atoms with Crippen molar-refractivity contribution in [1.82, 2.24) is 26.0 Å². The molecule has 0 spiro atoms. The Labute approximate surface area is 175 Å². The summed E-state index contributed by atoms with van der Waals surface area (Å²) in [4.78, 5) is 27.7. The number of urea groups is 1. The van der Waals surface area contributed by atoms with Gasteiger partial charge >= 0.3 is 6.03 Å². The zero-order valence-electron chi connectivity index (χ0n) is 16.7. The van der Waals surface area contributed by atoms with Crippen LogP contribution in [-0.2, 0) is 15.1 Å². The third-order valence-corrected chi connectivity index (χ3v) is 5.33. The van der Waals surface area contributed by atoms with Crippen LogP contribution in [0.3, 0.4) is 0 Å². The SMILES string of the molecule is COc1cccc([C@]2(C)NC(=O)N(NC(=S)NCCCN3CCOCC3)C2=O)c1. The van der Waals surface area contributed by atoms with Gasteiger partial charge in [0.2, 0.25) is 0 Å². The van der Waals surface area contributed by atoms with E-state index in [-0.39, 0.29) is 5.11 Å². The number of nitrogens with one attached hydrogen (secondary N) is 3. The fourth-order valence-corrected chi connectivity index (χ4v) is 3.53. The predicted molar refractivity (Wildman–Crippen MR) is 111 cm³/mol. The van der Waals surface area contributed by atoms with Gasteiger partial charge in [-0.2, -0.15) is 5.01 Å². The molecule has 1 aromatic carbocycles. The Bertz CT molecular complexity index is 771. The van der Waals surface area contributed by atoms with E-state index in [1.54, 1.807) is 38.3 Å². The molecular weight excluding hydrogens is 394 g/mol. The maximum atomic E-state index is 12.9. The van der Waals surface area contributed by atoms with Crippen LogP contribution >= 0.6 is 12.2 Å². The lowest BCUT2D eigenvalue weighted by atomic mass is 9.92. The largest absolute Gasteiger partial charge is 0.497 e. The van der Waals surface area contributed by atoms with Crippen molar-refractivity contribution < 1.29 is 19.1 Å². The van der Waals surface area contributed by atoms with Gasteiger partial charge in [-0.1, -0.05) is 12.1 Å². The third kappa shape index (κ3) is 4.95. The molecule has 2 aliphatic rings. The van der Waals surface area contributed by atoms with Crippen molar-refractivity contribution in [2.75, 3.05) is 46.5 Å². The quantitative estimate of drug-likeness (QED) is 0.334. The molecule has 0 unspecified atom stereocenters. The zero-order chi connectivity index (χ0) is 20.9. The lowest BCUT2D eigenvalue weighted by Crippen LogP contribution is -2.51. The van der Waals surface area contributed by atoms with Crippen LogP contribution in [0.2, 0.25) is 0 Å². The predicted octanol–water partition coefficient (Wildman–Crippen LogP) is 0.564. The minimum atomic E-state index is -1.20. The molecule has 2 heterocycles. The molecule has 9 nitrogen and oxygen atoms in total. The highest BCUT2D eigenvalue weighted by atomic mass is 32.1. The number of amides is 3. The van der Waals surface area contributed by atoms with Crippen molar-refractivity contribution in [2.45, 2.75) is 18.9 Å². The van der Waals surface area contributed by atoms with Gasteiger partial charge in [-0.3, -0.25) is 15.1 Å². The molecule has 29 heavy (non-hydrogen) atoms. The molecule has 0 aromatic heterocycles. The van der Waals surface area contributed by atoms with Crippen LogP contribution in [0.1, 0.15) is 18.9 Å². The molecule has 0 radical (unpaired) electrons. The van der Waals surface area contributed by atoms with Crippen LogP contribution < -0.4 is 20.8 Å². The number of nitrogens with zero attached hydrogens (tertiary/aromatic N) is 2. The summed E-state index contributed by atoms with van der Waals surface area (Å²) in [5, 5.41) is 6.91. The summed E-state index contributed by atoms with van der Waals surface area (Å²) in [6.07, 6.45) is 0.892. The Hall–Kier alpha value is -2.43. The summed E-state index contributed by atoms with van der Waals surface area (Å²) >= 11 is 5.25. The standard InChI is InChI=1S/C19H27N5O4S/c1-19(14-5-3-6-15(13-14)27-2)16(25)24(18(26)21-19)22-17(29)20-7-4-8-23-9-11-28-12-10-23/h3,5-6,13H,4,7-12H2,1-2H3,(H,21,26)(H2,20,22,29)/t19-/m0/s1. The van der Waals surface area contributed by atoms with Crippen LogP contribution in [-0.4, -0.2) is 73.5 Å². The summed E-state index contributed by atoms with van der Waals surface area (Å²) in [6, 6.07) is 6.49. The Morgan fingerprint density at radius 2 is 2.10 bits per heavy atom. The maximum absolute atomic E-state index is 12.9. The molecule has 158 valence electrons. The van der Waals surface area contributed by atoms with E-state index in [1.165, 1.54) is 0 Å². The Morgan fingerprint density at radius 1 is 1.34 bits per heavy atom. The van der Waals surface area contributed by atoms with Gasteiger partial charge in [0.25, 0.3) is 5.91 Å². The highest BCUT2D eigenvalue weighted by Crippen LogP contribution is 2.30. The van der Waals surface area contributed by atoms with Crippen molar-refractivity contribution in [3.63, 3.8) is 0 Å². The van der Waals surface area contributed by atoms with Gasteiger partial charge in [-0.15, -0.1) is 0 Å². The Morgan fingerprint density at radius 3 is 2.83 bits per heavy atom. The number of carbonyl (C=O) groups is 2. The van der Waals surface area contributed by atoms with Crippen LogP contribution in [0.4, 0.5) is 4.79 Å². The Balaban J connectivity index is 1.52. The first-order valence-electron chi connectivity index (χ1n) is 9.60. The number of rotatable bonds is 7. The van der Waals surface area contributed by atoms with Gasteiger partial charge in [0.05, 0.1) is 20.3 Å². The van der Waals surface area contributed by atoms with E-state index < -0.39 is 17.5 Å². The molecule has 2 saturated heterocycles. The number of carbonyl (C=O) groups excluding carboxylic acids is 2. The molecule has 2 fully saturated rings. The molecule has 3 N–H and O–H groups in total. The van der Waals surface area contributed by atoms with Gasteiger partial charge in [0.1, 0.15) is 11.3 Å². The van der Waals surface area contributed by atoms with E-state index in [2.05, 4.69) is 21.0 Å². The molecule has 2 aliphatic heterocycles. The van der Waals surface area contributed by atoms with Crippen molar-refractivity contribution in [1.29, 1.82) is 0 Å². The van der Waals surface area contributed by atoms with Crippen molar-refractivity contribution in [3.8, 4) is 5.75 Å². The van der Waals surface area contributed by atoms with E-state index in [1.807, 2.05) is 0 Å². The van der Waals surface area contributed by atoms with Crippen molar-refractivity contribution >= 4 is 29.3 Å². The van der Waals surface area contributed by atoms with E-state index in [0.29, 0.717) is 17.9 Å². The summed E-state index contributed by atoms with van der Waals surface area (Å²) in [5.74, 6) is 0.169. The van der Waals surface area contributed by atoms with Crippen LogP contribution in [0.15, 0.2) is 24.3 Å². The van der Waals surface area contributed by atoms with Crippen molar-refractivity contribution in [3.05, 3.63) is 29.8 Å². The normalized spacial score (nSPS) is 22.3. The van der Waals surface area contributed by atoms with Crippen LogP contribution in [0.5, 0.6) is 5.75 Å². The van der Waals surface area contributed by atoms with Gasteiger partial charge in [0, 0.05) is 19.6 Å². The number of hydrogen-bond donors (Lipinski definition) is 3. The number of thiocarbonyl (C=S) groups is 1. The van der Waals surface area contributed by atoms with Crippen LogP contribution in [0, 0.1) is 0 Å². The summed E-state index contributed by atoms with van der Waals surface area (Å²) in [5.41, 5.74) is 2.12. The summed E-state index contributed by atoms with van der Waals surface area (Å²) in [6.45, 7) is 6.65.